The van der Waals surface area contributed by atoms with Crippen LogP contribution in [0.1, 0.15) is 29.8 Å². The van der Waals surface area contributed by atoms with E-state index in [1.807, 2.05) is 24.3 Å². The summed E-state index contributed by atoms with van der Waals surface area (Å²) in [5, 5.41) is 11.9. The number of rotatable bonds is 7. The highest BCUT2D eigenvalue weighted by atomic mass is 32.1. The number of hydrogen-bond acceptors (Lipinski definition) is 7. The molecule has 0 saturated carbocycles. The van der Waals surface area contributed by atoms with E-state index in [1.54, 1.807) is 17.4 Å². The van der Waals surface area contributed by atoms with Crippen molar-refractivity contribution in [1.29, 1.82) is 0 Å². The molecule has 2 heterocycles. The number of para-hydroxylation sites is 1. The number of nitro groups is 1. The van der Waals surface area contributed by atoms with E-state index in [4.69, 9.17) is 4.74 Å². The predicted molar refractivity (Wildman–Crippen MR) is 117 cm³/mol. The number of aromatic nitrogens is 1. The average Bonchev–Trinajstić information content (AvgIpc) is 3.19. The van der Waals surface area contributed by atoms with Crippen LogP contribution in [0.2, 0.25) is 0 Å². The number of thiazole rings is 1. The van der Waals surface area contributed by atoms with Gasteiger partial charge >= 0.3 is 5.97 Å². The molecule has 1 aliphatic heterocycles. The fraction of sp³-hybridized carbons (Fsp3) is 0.318. The average molecular weight is 439 g/mol. The third-order valence-corrected chi connectivity index (χ3v) is 6.26. The highest BCUT2D eigenvalue weighted by Crippen LogP contribution is 2.30. The molecular formula is C22H21N3O5S. The maximum absolute atomic E-state index is 12.6. The van der Waals surface area contributed by atoms with Crippen LogP contribution in [0.3, 0.4) is 0 Å². The molecule has 1 amide bonds. The smallest absolute Gasteiger partial charge is 0.306 e. The molecule has 1 aromatic heterocycles. The highest BCUT2D eigenvalue weighted by molar-refractivity contribution is 7.18. The zero-order valence-electron chi connectivity index (χ0n) is 16.8. The van der Waals surface area contributed by atoms with Crippen molar-refractivity contribution in [3.8, 4) is 0 Å². The molecule has 0 unspecified atom stereocenters. The Labute approximate surface area is 182 Å². The van der Waals surface area contributed by atoms with Gasteiger partial charge in [0.15, 0.2) is 6.61 Å². The first-order chi connectivity index (χ1) is 15.0. The largest absolute Gasteiger partial charge is 0.456 e. The van der Waals surface area contributed by atoms with E-state index in [0.29, 0.717) is 37.9 Å². The van der Waals surface area contributed by atoms with Crippen LogP contribution in [0, 0.1) is 10.1 Å². The molecule has 9 heteroatoms. The lowest BCUT2D eigenvalue weighted by Crippen LogP contribution is -2.38. The van der Waals surface area contributed by atoms with E-state index in [1.165, 1.54) is 17.0 Å². The number of nitrogens with zero attached hydrogens (tertiary/aromatic N) is 3. The van der Waals surface area contributed by atoms with Crippen LogP contribution in [-0.2, 0) is 27.2 Å². The van der Waals surface area contributed by atoms with Gasteiger partial charge in [0.05, 0.1) is 20.1 Å². The highest BCUT2D eigenvalue weighted by Gasteiger charge is 2.25. The number of carbonyl (C=O) groups excluding carboxylic acids is 2. The van der Waals surface area contributed by atoms with Crippen LogP contribution < -0.4 is 4.90 Å². The lowest BCUT2D eigenvalue weighted by molar-refractivity contribution is -0.384. The lowest BCUT2D eigenvalue weighted by Gasteiger charge is -2.29. The number of amides is 1. The van der Waals surface area contributed by atoms with Crippen LogP contribution in [0.25, 0.3) is 10.2 Å². The molecule has 0 radical (unpaired) electrons. The second-order valence-electron chi connectivity index (χ2n) is 7.31. The maximum atomic E-state index is 12.6. The Morgan fingerprint density at radius 1 is 1.23 bits per heavy atom. The number of ether oxygens (including phenoxy) is 1. The first-order valence-electron chi connectivity index (χ1n) is 10.1. The van der Waals surface area contributed by atoms with Crippen LogP contribution >= 0.6 is 11.3 Å². The van der Waals surface area contributed by atoms with Crippen molar-refractivity contribution >= 4 is 44.8 Å². The minimum Gasteiger partial charge on any atom is -0.456 e. The number of benzene rings is 2. The fourth-order valence-corrected chi connectivity index (χ4v) is 4.67. The number of fused-ring (bicyclic) bond motifs is 2. The second kappa shape index (κ2) is 9.22. The van der Waals surface area contributed by atoms with Gasteiger partial charge in [-0.1, -0.05) is 12.1 Å². The summed E-state index contributed by atoms with van der Waals surface area (Å²) in [7, 11) is 0. The first kappa shape index (κ1) is 20.9. The van der Waals surface area contributed by atoms with E-state index in [2.05, 4.69) is 4.98 Å². The Balaban J connectivity index is 1.27. The summed E-state index contributed by atoms with van der Waals surface area (Å²) in [6.45, 7) is 0.162. The van der Waals surface area contributed by atoms with Gasteiger partial charge < -0.3 is 9.64 Å². The van der Waals surface area contributed by atoms with Crippen LogP contribution in [0.15, 0.2) is 42.5 Å². The third-order valence-electron chi connectivity index (χ3n) is 5.16. The van der Waals surface area contributed by atoms with Crippen LogP contribution in [-0.4, -0.2) is 34.9 Å². The van der Waals surface area contributed by atoms with Crippen molar-refractivity contribution < 1.29 is 19.2 Å². The molecule has 0 spiro atoms. The SMILES string of the molecule is O=C(CCCc1nc2ccccc2s1)OCC(=O)N1CCCc2cc([N+](=O)[O-])ccc21. The monoisotopic (exact) mass is 439 g/mol. The van der Waals surface area contributed by atoms with Crippen molar-refractivity contribution in [2.75, 3.05) is 18.1 Å². The van der Waals surface area contributed by atoms with Crippen molar-refractivity contribution in [2.24, 2.45) is 0 Å². The Morgan fingerprint density at radius 2 is 2.06 bits per heavy atom. The number of hydrogen-bond donors (Lipinski definition) is 0. The Hall–Kier alpha value is -3.33. The zero-order chi connectivity index (χ0) is 21.8. The summed E-state index contributed by atoms with van der Waals surface area (Å²) in [6.07, 6.45) is 2.87. The number of anilines is 1. The summed E-state index contributed by atoms with van der Waals surface area (Å²) in [5.41, 5.74) is 2.38. The Bertz CT molecular complexity index is 1110. The van der Waals surface area contributed by atoms with Gasteiger partial charge in [0.1, 0.15) is 0 Å². The van der Waals surface area contributed by atoms with E-state index in [9.17, 15) is 19.7 Å². The van der Waals surface area contributed by atoms with Crippen molar-refractivity contribution in [2.45, 2.75) is 32.1 Å². The lowest BCUT2D eigenvalue weighted by atomic mass is 10.0. The number of non-ortho nitro benzene ring substituents is 1. The van der Waals surface area contributed by atoms with Gasteiger partial charge in [-0.05, 0) is 49.4 Å². The van der Waals surface area contributed by atoms with E-state index < -0.39 is 10.9 Å². The summed E-state index contributed by atoms with van der Waals surface area (Å²) in [4.78, 5) is 41.3. The summed E-state index contributed by atoms with van der Waals surface area (Å²) < 4.78 is 6.30. The van der Waals surface area contributed by atoms with Crippen LogP contribution in [0.4, 0.5) is 11.4 Å². The molecule has 0 aliphatic carbocycles. The molecule has 2 aromatic carbocycles. The Morgan fingerprint density at radius 3 is 2.87 bits per heavy atom. The minimum absolute atomic E-state index is 0.00704. The molecule has 1 aliphatic rings. The maximum Gasteiger partial charge on any atom is 0.306 e. The van der Waals surface area contributed by atoms with Crippen LogP contribution in [0.5, 0.6) is 0 Å². The van der Waals surface area contributed by atoms with Gasteiger partial charge in [0.25, 0.3) is 11.6 Å². The molecule has 0 fully saturated rings. The van der Waals surface area contributed by atoms with E-state index in [-0.39, 0.29) is 24.6 Å². The Kier molecular flexibility index (Phi) is 6.22. The van der Waals surface area contributed by atoms with Gasteiger partial charge in [-0.2, -0.15) is 0 Å². The molecule has 0 bridgehead atoms. The van der Waals surface area contributed by atoms with Crippen molar-refractivity contribution in [3.63, 3.8) is 0 Å². The molecule has 31 heavy (non-hydrogen) atoms. The number of esters is 1. The van der Waals surface area contributed by atoms with Gasteiger partial charge in [0, 0.05) is 30.8 Å². The second-order valence-corrected chi connectivity index (χ2v) is 8.42. The molecule has 0 N–H and O–H groups in total. The first-order valence-corrected chi connectivity index (χ1v) is 10.9. The van der Waals surface area contributed by atoms with E-state index in [0.717, 1.165) is 20.8 Å². The summed E-state index contributed by atoms with van der Waals surface area (Å²) in [5.74, 6) is -0.746. The molecule has 0 saturated heterocycles. The van der Waals surface area contributed by atoms with Crippen molar-refractivity contribution in [3.05, 3.63) is 63.1 Å². The summed E-state index contributed by atoms with van der Waals surface area (Å²) in [6, 6.07) is 12.4. The fourth-order valence-electron chi connectivity index (χ4n) is 3.66. The van der Waals surface area contributed by atoms with Gasteiger partial charge in [0.2, 0.25) is 0 Å². The summed E-state index contributed by atoms with van der Waals surface area (Å²) >= 11 is 1.62. The van der Waals surface area contributed by atoms with E-state index >= 15 is 0 Å². The number of aryl methyl sites for hydroxylation is 2. The quantitative estimate of drug-likeness (QED) is 0.313. The zero-order valence-corrected chi connectivity index (χ0v) is 17.6. The number of carbonyl (C=O) groups is 2. The topological polar surface area (TPSA) is 103 Å². The predicted octanol–water partition coefficient (Wildman–Crippen LogP) is 4.05. The van der Waals surface area contributed by atoms with Gasteiger partial charge in [-0.3, -0.25) is 19.7 Å². The third kappa shape index (κ3) is 4.88. The van der Waals surface area contributed by atoms with Gasteiger partial charge in [-0.15, -0.1) is 11.3 Å². The molecule has 0 atom stereocenters. The molecule has 8 nitrogen and oxygen atoms in total. The molecular weight excluding hydrogens is 418 g/mol. The van der Waals surface area contributed by atoms with Crippen molar-refractivity contribution in [1.82, 2.24) is 4.98 Å². The molecule has 160 valence electrons. The normalized spacial score (nSPS) is 13.1. The molecule has 4 rings (SSSR count). The standard InChI is InChI=1S/C22H21N3O5S/c26-21(24-12-4-5-15-13-16(25(28)29)10-11-18(15)24)14-30-22(27)9-3-8-20-23-17-6-1-2-7-19(17)31-20/h1-2,6-7,10-11,13H,3-5,8-9,12,14H2. The number of nitro benzene ring substituents is 1. The van der Waals surface area contributed by atoms with Gasteiger partial charge in [-0.25, -0.2) is 4.98 Å². The minimum atomic E-state index is -0.447. The molecule has 3 aromatic rings.